The first-order valence-corrected chi connectivity index (χ1v) is 15.1. The molecule has 220 valence electrons. The second-order valence-electron chi connectivity index (χ2n) is 9.59. The van der Waals surface area contributed by atoms with Crippen LogP contribution in [0.4, 0.5) is 5.69 Å². The molecule has 0 aromatic heterocycles. The first kappa shape index (κ1) is 31.0. The summed E-state index contributed by atoms with van der Waals surface area (Å²) < 4.78 is 38.6. The van der Waals surface area contributed by atoms with Crippen molar-refractivity contribution < 1.29 is 33.1 Å². The monoisotopic (exact) mass is 623 g/mol. The van der Waals surface area contributed by atoms with E-state index in [-0.39, 0.29) is 22.4 Å². The smallest absolute Gasteiger partial charge is 0.251 e. The molecule has 10 nitrogen and oxygen atoms in total. The van der Waals surface area contributed by atoms with Gasteiger partial charge >= 0.3 is 0 Å². The molecule has 1 amide bonds. The third-order valence-corrected chi connectivity index (χ3v) is 9.43. The summed E-state index contributed by atoms with van der Waals surface area (Å²) in [5.41, 5.74) is 1.32. The summed E-state index contributed by atoms with van der Waals surface area (Å²) in [7, 11) is -2.21. The van der Waals surface area contributed by atoms with Crippen LogP contribution in [0, 0.1) is 11.1 Å². The Labute approximate surface area is 249 Å². The van der Waals surface area contributed by atoms with Gasteiger partial charge in [0, 0.05) is 53.8 Å². The fraction of sp³-hybridized carbons (Fsp3) is 0.321. The Morgan fingerprint density at radius 3 is 2.41 bits per heavy atom. The molecule has 3 aromatic carbocycles. The van der Waals surface area contributed by atoms with E-state index in [1.165, 1.54) is 35.7 Å². The highest BCUT2D eigenvalue weighted by Gasteiger charge is 2.29. The predicted molar refractivity (Wildman–Crippen MR) is 155 cm³/mol. The Morgan fingerprint density at radius 1 is 1.07 bits per heavy atom. The van der Waals surface area contributed by atoms with E-state index in [1.807, 2.05) is 6.07 Å². The lowest BCUT2D eigenvalue weighted by Crippen LogP contribution is -2.99. The second kappa shape index (κ2) is 13.8. The summed E-state index contributed by atoms with van der Waals surface area (Å²) in [6.07, 6.45) is 1.70. The minimum absolute atomic E-state index is 0.0248. The van der Waals surface area contributed by atoms with Gasteiger partial charge in [0.15, 0.2) is 17.2 Å². The number of sulfonamides is 1. The Kier molecular flexibility index (Phi) is 10.5. The molecule has 0 bridgehead atoms. The highest BCUT2D eigenvalue weighted by atomic mass is 35.5. The van der Waals surface area contributed by atoms with Crippen LogP contribution < -0.4 is 20.0 Å². The van der Waals surface area contributed by atoms with Crippen LogP contribution in [0.3, 0.4) is 0 Å². The number of ether oxygens (including phenoxy) is 2. The van der Waals surface area contributed by atoms with Gasteiger partial charge in [-0.3, -0.25) is 4.79 Å². The number of benzene rings is 3. The molecule has 1 atom stereocenters. The zero-order valence-corrected chi connectivity index (χ0v) is 24.6. The topological polar surface area (TPSA) is 133 Å². The van der Waals surface area contributed by atoms with Gasteiger partial charge < -0.3 is 20.0 Å². The van der Waals surface area contributed by atoms with Crippen LogP contribution >= 0.6 is 23.2 Å². The summed E-state index contributed by atoms with van der Waals surface area (Å²) in [6, 6.07) is 15.4. The summed E-state index contributed by atoms with van der Waals surface area (Å²) >= 11 is 12.2. The van der Waals surface area contributed by atoms with Crippen LogP contribution in [0.1, 0.15) is 28.8 Å². The third kappa shape index (κ3) is 7.89. The van der Waals surface area contributed by atoms with E-state index in [0.29, 0.717) is 72.6 Å². The second-order valence-corrected chi connectivity index (χ2v) is 12.4. The number of carbonyl (C=O) groups is 1. The number of quaternary nitrogens is 1. The Morgan fingerprint density at radius 2 is 1.78 bits per heavy atom. The van der Waals surface area contributed by atoms with E-state index in [1.54, 1.807) is 30.3 Å². The number of halogens is 2. The molecule has 1 unspecified atom stereocenters. The van der Waals surface area contributed by atoms with E-state index in [0.717, 1.165) is 5.56 Å². The number of methoxy groups -OCH3 is 1. The lowest BCUT2D eigenvalue weighted by molar-refractivity contribution is -0.991. The number of hydrogen-bond acceptors (Lipinski definition) is 7. The Hall–Kier alpha value is -2.90. The van der Waals surface area contributed by atoms with Crippen LogP contribution in [0.2, 0.25) is 10.0 Å². The molecule has 0 spiro atoms. The van der Waals surface area contributed by atoms with E-state index < -0.39 is 15.2 Å². The highest BCUT2D eigenvalue weighted by molar-refractivity contribution is 7.89. The van der Waals surface area contributed by atoms with Crippen molar-refractivity contribution in [2.75, 3.05) is 33.4 Å². The molecule has 0 radical (unpaired) electrons. The maximum Gasteiger partial charge on any atom is 0.251 e. The van der Waals surface area contributed by atoms with Crippen molar-refractivity contribution in [3.8, 4) is 11.5 Å². The maximum absolute atomic E-state index is 13.0. The van der Waals surface area contributed by atoms with Gasteiger partial charge in [0.25, 0.3) is 5.91 Å². The molecular formula is C28H31Cl2N3O7S. The molecule has 0 aliphatic carbocycles. The molecule has 13 heteroatoms. The van der Waals surface area contributed by atoms with Gasteiger partial charge in [-0.05, 0) is 66.8 Å². The summed E-state index contributed by atoms with van der Waals surface area (Å²) in [5, 5.41) is 23.0. The molecule has 3 aromatic rings. The number of rotatable bonds is 11. The molecule has 1 aliphatic rings. The summed E-state index contributed by atoms with van der Waals surface area (Å²) in [5.74, 6) is 0.764. The van der Waals surface area contributed by atoms with Crippen LogP contribution in [0.5, 0.6) is 11.5 Å². The van der Waals surface area contributed by atoms with Crippen molar-refractivity contribution in [1.29, 1.82) is 0 Å². The third-order valence-electron chi connectivity index (χ3n) is 6.93. The predicted octanol–water partition coefficient (Wildman–Crippen LogP) is 3.86. The van der Waals surface area contributed by atoms with Gasteiger partial charge in [-0.2, -0.15) is 9.53 Å². The first-order valence-electron chi connectivity index (χ1n) is 12.9. The van der Waals surface area contributed by atoms with Gasteiger partial charge in [0.05, 0.1) is 18.6 Å². The number of nitrogens with zero attached hydrogens (tertiary/aromatic N) is 1. The lowest BCUT2D eigenvalue weighted by atomic mass is 9.98. The molecule has 41 heavy (non-hydrogen) atoms. The maximum atomic E-state index is 13.0. The molecule has 3 N–H and O–H groups in total. The minimum atomic E-state index is -3.73. The standard InChI is InChI=1S/C28H31Cl2N3O7S/c1-39-26-9-3-21(16-27(26)40-15-12-20-2-4-22(29)17-25(20)30)28(34)31-18-19-10-13-32(14-11-19)41(37,38)24-7-5-23(6-8-24)33(35)36/h2-9,16-17,19,33,35H,10-15,18H2,1H3,(H,31,34). The minimum Gasteiger partial charge on any atom is -0.595 e. The zero-order valence-electron chi connectivity index (χ0n) is 22.3. The normalized spacial score (nSPS) is 15.3. The summed E-state index contributed by atoms with van der Waals surface area (Å²) in [4.78, 5) is 13.0. The highest BCUT2D eigenvalue weighted by Crippen LogP contribution is 2.29. The molecule has 1 heterocycles. The number of nitrogens with one attached hydrogen (secondary N) is 2. The van der Waals surface area contributed by atoms with Crippen molar-refractivity contribution in [3.05, 3.63) is 87.0 Å². The molecule has 0 saturated carbocycles. The van der Waals surface area contributed by atoms with E-state index in [2.05, 4.69) is 5.32 Å². The molecule has 1 aliphatic heterocycles. The van der Waals surface area contributed by atoms with Gasteiger partial charge in [-0.15, -0.1) is 0 Å². The van der Waals surface area contributed by atoms with Crippen LogP contribution in [-0.2, 0) is 16.4 Å². The molecule has 1 fully saturated rings. The average Bonchev–Trinajstić information content (AvgIpc) is 2.97. The lowest BCUT2D eigenvalue weighted by Gasteiger charge is -2.31. The van der Waals surface area contributed by atoms with Crippen molar-refractivity contribution in [2.24, 2.45) is 5.92 Å². The van der Waals surface area contributed by atoms with Crippen molar-refractivity contribution in [1.82, 2.24) is 9.62 Å². The Bertz CT molecular complexity index is 1460. The Balaban J connectivity index is 1.29. The largest absolute Gasteiger partial charge is 0.595 e. The fourth-order valence-electron chi connectivity index (χ4n) is 4.54. The van der Waals surface area contributed by atoms with Gasteiger partial charge in [-0.25, -0.2) is 13.6 Å². The quantitative estimate of drug-likeness (QED) is 0.276. The van der Waals surface area contributed by atoms with Gasteiger partial charge in [0.2, 0.25) is 10.0 Å². The van der Waals surface area contributed by atoms with Gasteiger partial charge in [0.1, 0.15) is 0 Å². The van der Waals surface area contributed by atoms with E-state index in [4.69, 9.17) is 37.9 Å². The first-order chi connectivity index (χ1) is 19.6. The van der Waals surface area contributed by atoms with Crippen molar-refractivity contribution >= 4 is 44.8 Å². The number of carbonyl (C=O) groups excluding carboxylic acids is 1. The van der Waals surface area contributed by atoms with Gasteiger partial charge in [-0.1, -0.05) is 29.3 Å². The van der Waals surface area contributed by atoms with Crippen molar-refractivity contribution in [2.45, 2.75) is 24.2 Å². The number of amides is 1. The molecule has 4 rings (SSSR count). The zero-order chi connectivity index (χ0) is 29.6. The molecule has 1 saturated heterocycles. The number of piperidine rings is 1. The van der Waals surface area contributed by atoms with Crippen LogP contribution in [-0.4, -0.2) is 57.2 Å². The van der Waals surface area contributed by atoms with Crippen molar-refractivity contribution in [3.63, 3.8) is 0 Å². The van der Waals surface area contributed by atoms with E-state index in [9.17, 15) is 18.4 Å². The van der Waals surface area contributed by atoms with Crippen LogP contribution in [0.15, 0.2) is 65.6 Å². The summed E-state index contributed by atoms with van der Waals surface area (Å²) in [6.45, 7) is 1.33. The van der Waals surface area contributed by atoms with Crippen LogP contribution in [0.25, 0.3) is 0 Å². The van der Waals surface area contributed by atoms with E-state index >= 15 is 0 Å². The number of hydrogen-bond donors (Lipinski definition) is 3. The SMILES string of the molecule is COc1ccc(C(=O)NCC2CCN(S(=O)(=O)c3ccc([NH+]([O-])O)cc3)CC2)cc1OCCc1ccc(Cl)cc1Cl. The fourth-order valence-corrected chi connectivity index (χ4v) is 6.51. The molecular weight excluding hydrogens is 593 g/mol. The average molecular weight is 625 g/mol.